The Morgan fingerprint density at radius 1 is 1.00 bits per heavy atom. The first-order chi connectivity index (χ1) is 8.79. The van der Waals surface area contributed by atoms with Crippen LogP contribution in [-0.4, -0.2) is 0 Å². The van der Waals surface area contributed by atoms with E-state index in [0.29, 0.717) is 11.3 Å². The number of halogens is 4. The van der Waals surface area contributed by atoms with Crippen LogP contribution in [0.3, 0.4) is 0 Å². The monoisotopic (exact) mass is 269 g/mol. The van der Waals surface area contributed by atoms with Crippen molar-refractivity contribution in [1.82, 2.24) is 0 Å². The Morgan fingerprint density at radius 3 is 2.32 bits per heavy atom. The second kappa shape index (κ2) is 4.57. The number of anilines is 1. The van der Waals surface area contributed by atoms with Gasteiger partial charge in [0.2, 0.25) is 0 Å². The highest BCUT2D eigenvalue weighted by Gasteiger charge is 2.34. The van der Waals surface area contributed by atoms with Gasteiger partial charge in [0.05, 0.1) is 5.56 Å². The first-order valence-corrected chi connectivity index (χ1v) is 5.52. The van der Waals surface area contributed by atoms with Crippen molar-refractivity contribution in [2.24, 2.45) is 0 Å². The van der Waals surface area contributed by atoms with Gasteiger partial charge in [-0.15, -0.1) is 0 Å². The van der Waals surface area contributed by atoms with E-state index < -0.39 is 17.6 Å². The number of hydrogen-bond acceptors (Lipinski definition) is 1. The van der Waals surface area contributed by atoms with E-state index >= 15 is 0 Å². The average Bonchev–Trinajstić information content (AvgIpc) is 2.31. The molecular formula is C14H11F4N. The van der Waals surface area contributed by atoms with E-state index in [1.807, 2.05) is 0 Å². The van der Waals surface area contributed by atoms with Gasteiger partial charge in [0.1, 0.15) is 5.82 Å². The van der Waals surface area contributed by atoms with E-state index in [1.165, 1.54) is 6.07 Å². The van der Waals surface area contributed by atoms with Gasteiger partial charge in [-0.25, -0.2) is 4.39 Å². The lowest BCUT2D eigenvalue weighted by Gasteiger charge is -2.12. The summed E-state index contributed by atoms with van der Waals surface area (Å²) in [6, 6.07) is 7.91. The van der Waals surface area contributed by atoms with E-state index in [-0.39, 0.29) is 5.56 Å². The molecule has 19 heavy (non-hydrogen) atoms. The molecule has 0 atom stereocenters. The first kappa shape index (κ1) is 13.4. The molecule has 0 heterocycles. The molecule has 2 rings (SSSR count). The third kappa shape index (κ3) is 2.70. The van der Waals surface area contributed by atoms with Crippen molar-refractivity contribution in [2.75, 3.05) is 5.73 Å². The zero-order valence-corrected chi connectivity index (χ0v) is 10.1. The summed E-state index contributed by atoms with van der Waals surface area (Å²) in [5.41, 5.74) is 6.38. The Labute approximate surface area is 107 Å². The third-order valence-corrected chi connectivity index (χ3v) is 2.79. The molecule has 0 aliphatic carbocycles. The van der Waals surface area contributed by atoms with E-state index in [0.717, 1.165) is 17.7 Å². The largest absolute Gasteiger partial charge is 0.419 e. The molecule has 0 saturated carbocycles. The summed E-state index contributed by atoms with van der Waals surface area (Å²) in [7, 11) is 0. The molecule has 0 aliphatic rings. The maximum atomic E-state index is 13.2. The van der Waals surface area contributed by atoms with Crippen molar-refractivity contribution in [1.29, 1.82) is 0 Å². The number of nitrogen functional groups attached to an aromatic ring is 1. The van der Waals surface area contributed by atoms with E-state index in [2.05, 4.69) is 0 Å². The van der Waals surface area contributed by atoms with Crippen molar-refractivity contribution in [2.45, 2.75) is 13.1 Å². The quantitative estimate of drug-likeness (QED) is 0.602. The van der Waals surface area contributed by atoms with Gasteiger partial charge >= 0.3 is 6.18 Å². The summed E-state index contributed by atoms with van der Waals surface area (Å²) in [5, 5.41) is 0. The average molecular weight is 269 g/mol. The van der Waals surface area contributed by atoms with Crippen molar-refractivity contribution in [3.05, 3.63) is 53.3 Å². The number of benzene rings is 2. The van der Waals surface area contributed by atoms with Crippen LogP contribution < -0.4 is 5.73 Å². The van der Waals surface area contributed by atoms with Crippen LogP contribution in [0.5, 0.6) is 0 Å². The smallest absolute Gasteiger partial charge is 0.398 e. The first-order valence-electron chi connectivity index (χ1n) is 5.52. The fraction of sp³-hybridized carbons (Fsp3) is 0.143. The Kier molecular flexibility index (Phi) is 3.22. The fourth-order valence-electron chi connectivity index (χ4n) is 1.83. The molecule has 2 N–H and O–H groups in total. The van der Waals surface area contributed by atoms with Gasteiger partial charge in [0, 0.05) is 11.3 Å². The second-order valence-electron chi connectivity index (χ2n) is 4.28. The summed E-state index contributed by atoms with van der Waals surface area (Å²) in [5.74, 6) is -1.29. The molecule has 0 aromatic heterocycles. The highest BCUT2D eigenvalue weighted by atomic mass is 19.4. The highest BCUT2D eigenvalue weighted by Crippen LogP contribution is 2.35. The van der Waals surface area contributed by atoms with Crippen LogP contribution in [0, 0.1) is 12.7 Å². The normalized spacial score (nSPS) is 11.6. The Balaban J connectivity index is 2.61. The van der Waals surface area contributed by atoms with Gasteiger partial charge in [-0.05, 0) is 36.8 Å². The van der Waals surface area contributed by atoms with Crippen molar-refractivity contribution < 1.29 is 17.6 Å². The molecule has 0 fully saturated rings. The van der Waals surface area contributed by atoms with Crippen LogP contribution in [0.25, 0.3) is 11.1 Å². The zero-order chi connectivity index (χ0) is 14.2. The zero-order valence-electron chi connectivity index (χ0n) is 10.1. The minimum Gasteiger partial charge on any atom is -0.398 e. The molecule has 100 valence electrons. The topological polar surface area (TPSA) is 26.0 Å². The number of nitrogens with two attached hydrogens (primary N) is 1. The molecular weight excluding hydrogens is 258 g/mol. The van der Waals surface area contributed by atoms with Crippen molar-refractivity contribution in [3.63, 3.8) is 0 Å². The van der Waals surface area contributed by atoms with Gasteiger partial charge in [0.15, 0.2) is 0 Å². The number of hydrogen-bond donors (Lipinski definition) is 1. The Hall–Kier alpha value is -2.04. The van der Waals surface area contributed by atoms with Gasteiger partial charge in [0.25, 0.3) is 0 Å². The van der Waals surface area contributed by atoms with Crippen molar-refractivity contribution in [3.8, 4) is 11.1 Å². The number of aryl methyl sites for hydroxylation is 1. The van der Waals surface area contributed by atoms with Gasteiger partial charge in [-0.1, -0.05) is 17.7 Å². The predicted molar refractivity (Wildman–Crippen MR) is 66.0 cm³/mol. The van der Waals surface area contributed by atoms with Gasteiger partial charge in [-0.3, -0.25) is 0 Å². The van der Waals surface area contributed by atoms with Gasteiger partial charge < -0.3 is 5.73 Å². The highest BCUT2D eigenvalue weighted by molar-refractivity contribution is 5.77. The fourth-order valence-corrected chi connectivity index (χ4v) is 1.83. The van der Waals surface area contributed by atoms with Crippen molar-refractivity contribution >= 4 is 5.69 Å². The van der Waals surface area contributed by atoms with E-state index in [1.54, 1.807) is 25.1 Å². The molecule has 0 bridgehead atoms. The summed E-state index contributed by atoms with van der Waals surface area (Å²) < 4.78 is 51.2. The minimum atomic E-state index is -4.72. The van der Waals surface area contributed by atoms with E-state index in [4.69, 9.17) is 5.73 Å². The maximum absolute atomic E-state index is 13.2. The molecule has 0 unspecified atom stereocenters. The number of rotatable bonds is 1. The molecule has 0 amide bonds. The second-order valence-corrected chi connectivity index (χ2v) is 4.28. The number of alkyl halides is 3. The Bertz CT molecular complexity index is 617. The standard InChI is InChI=1S/C14H11F4N/c1-8-2-5-13(19)10(6-8)9-3-4-12(15)11(7-9)14(16,17)18/h2-7H,19H2,1H3. The molecule has 0 spiro atoms. The minimum absolute atomic E-state index is 0.245. The molecule has 1 nitrogen and oxygen atoms in total. The van der Waals surface area contributed by atoms with Crippen LogP contribution in [0.2, 0.25) is 0 Å². The van der Waals surface area contributed by atoms with Crippen LogP contribution >= 0.6 is 0 Å². The third-order valence-electron chi connectivity index (χ3n) is 2.79. The molecule has 5 heteroatoms. The molecule has 0 aliphatic heterocycles. The predicted octanol–water partition coefficient (Wildman–Crippen LogP) is 4.40. The lowest BCUT2D eigenvalue weighted by molar-refractivity contribution is -0.139. The molecule has 2 aromatic rings. The Morgan fingerprint density at radius 2 is 1.68 bits per heavy atom. The maximum Gasteiger partial charge on any atom is 0.419 e. The summed E-state index contributed by atoms with van der Waals surface area (Å²) >= 11 is 0. The molecule has 0 saturated heterocycles. The van der Waals surface area contributed by atoms with E-state index in [9.17, 15) is 17.6 Å². The van der Waals surface area contributed by atoms with Crippen LogP contribution in [-0.2, 0) is 6.18 Å². The lowest BCUT2D eigenvalue weighted by atomic mass is 9.99. The van der Waals surface area contributed by atoms with Crippen LogP contribution in [0.1, 0.15) is 11.1 Å². The SMILES string of the molecule is Cc1ccc(N)c(-c2ccc(F)c(C(F)(F)F)c2)c1. The summed E-state index contributed by atoms with van der Waals surface area (Å²) in [6.07, 6.45) is -4.72. The van der Waals surface area contributed by atoms with Gasteiger partial charge in [-0.2, -0.15) is 13.2 Å². The van der Waals surface area contributed by atoms with Crippen LogP contribution in [0.4, 0.5) is 23.2 Å². The molecule has 2 aromatic carbocycles. The van der Waals surface area contributed by atoms with Crippen LogP contribution in [0.15, 0.2) is 36.4 Å². The lowest BCUT2D eigenvalue weighted by Crippen LogP contribution is -2.08. The molecule has 0 radical (unpaired) electrons. The summed E-state index contributed by atoms with van der Waals surface area (Å²) in [4.78, 5) is 0. The summed E-state index contributed by atoms with van der Waals surface area (Å²) in [6.45, 7) is 1.80.